The lowest BCUT2D eigenvalue weighted by Crippen LogP contribution is -2.12. The number of nitrogens with zero attached hydrogens (tertiary/aromatic N) is 1. The van der Waals surface area contributed by atoms with Crippen LogP contribution in [0.3, 0.4) is 0 Å². The quantitative estimate of drug-likeness (QED) is 0.906. The maximum Gasteiger partial charge on any atom is 0.102 e. The van der Waals surface area contributed by atoms with Crippen LogP contribution in [0.4, 0.5) is 5.69 Å². The predicted molar refractivity (Wildman–Crippen MR) is 88.8 cm³/mol. The highest BCUT2D eigenvalue weighted by atomic mass is 16.3. The number of fused-ring (bicyclic) bond motifs is 1. The Labute approximate surface area is 131 Å². The number of hydrogen-bond donors (Lipinski definition) is 2. The largest absolute Gasteiger partial charge is 0.395 e. The summed E-state index contributed by atoms with van der Waals surface area (Å²) in [5, 5.41) is 21.9. The van der Waals surface area contributed by atoms with E-state index < -0.39 is 0 Å². The number of anilines is 1. The van der Waals surface area contributed by atoms with Crippen molar-refractivity contribution in [1.82, 2.24) is 0 Å². The van der Waals surface area contributed by atoms with Gasteiger partial charge in [0, 0.05) is 6.54 Å². The molecule has 2 N–H and O–H groups in total. The molecule has 0 amide bonds. The molecule has 0 radical (unpaired) electrons. The van der Waals surface area contributed by atoms with E-state index in [1.807, 2.05) is 18.2 Å². The van der Waals surface area contributed by atoms with Crippen molar-refractivity contribution >= 4 is 5.69 Å². The molecule has 0 unspecified atom stereocenters. The van der Waals surface area contributed by atoms with Crippen LogP contribution in [0.1, 0.15) is 29.5 Å². The molecule has 0 heterocycles. The second kappa shape index (κ2) is 6.64. The lowest BCUT2D eigenvalue weighted by atomic mass is 9.82. The molecule has 2 aromatic carbocycles. The van der Waals surface area contributed by atoms with E-state index in [9.17, 15) is 5.26 Å². The maximum atomic E-state index is 9.58. The van der Waals surface area contributed by atoms with Crippen LogP contribution in [-0.4, -0.2) is 18.3 Å². The Morgan fingerprint density at radius 3 is 2.50 bits per heavy atom. The van der Waals surface area contributed by atoms with E-state index in [0.29, 0.717) is 6.54 Å². The molecule has 2 aromatic rings. The Morgan fingerprint density at radius 1 is 1.09 bits per heavy atom. The normalized spacial score (nSPS) is 13.3. The molecule has 0 fully saturated rings. The summed E-state index contributed by atoms with van der Waals surface area (Å²) in [4.78, 5) is 0. The number of aliphatic hydroxyl groups excluding tert-OH is 1. The van der Waals surface area contributed by atoms with E-state index in [1.54, 1.807) is 0 Å². The highest BCUT2D eigenvalue weighted by Gasteiger charge is 2.21. The zero-order chi connectivity index (χ0) is 15.4. The van der Waals surface area contributed by atoms with Gasteiger partial charge in [-0.3, -0.25) is 0 Å². The third-order valence-corrected chi connectivity index (χ3v) is 4.28. The van der Waals surface area contributed by atoms with Crippen molar-refractivity contribution in [2.75, 3.05) is 18.5 Å². The van der Waals surface area contributed by atoms with Crippen molar-refractivity contribution in [1.29, 1.82) is 5.26 Å². The van der Waals surface area contributed by atoms with Crippen LogP contribution < -0.4 is 5.32 Å². The topological polar surface area (TPSA) is 56.0 Å². The third kappa shape index (κ3) is 2.70. The van der Waals surface area contributed by atoms with Gasteiger partial charge in [-0.25, -0.2) is 0 Å². The Kier molecular flexibility index (Phi) is 4.41. The Bertz CT molecular complexity index is 702. The Hall–Kier alpha value is -2.31. The van der Waals surface area contributed by atoms with Gasteiger partial charge in [0.25, 0.3) is 0 Å². The van der Waals surface area contributed by atoms with Gasteiger partial charge in [0.1, 0.15) is 6.07 Å². The van der Waals surface area contributed by atoms with Gasteiger partial charge < -0.3 is 10.4 Å². The number of nitrogens with one attached hydrogen (secondary N) is 1. The van der Waals surface area contributed by atoms with Gasteiger partial charge in [0.2, 0.25) is 0 Å². The summed E-state index contributed by atoms with van der Waals surface area (Å²) in [6.45, 7) is 0.518. The van der Waals surface area contributed by atoms with Crippen LogP contribution in [0.2, 0.25) is 0 Å². The number of nitriles is 1. The molecule has 3 heteroatoms. The molecule has 22 heavy (non-hydrogen) atoms. The van der Waals surface area contributed by atoms with E-state index in [-0.39, 0.29) is 6.61 Å². The first-order valence-corrected chi connectivity index (χ1v) is 7.84. The average Bonchev–Trinajstić information content (AvgIpc) is 2.59. The van der Waals surface area contributed by atoms with Crippen molar-refractivity contribution in [3.05, 3.63) is 53.1 Å². The molecule has 1 aliphatic carbocycles. The standard InChI is InChI=1S/C19H20N2O/c20-13-18-16-9-5-4-8-15(16)17(12-19(18)21-10-11-22)14-6-2-1-3-7-14/h1-3,6-7,12,21-22H,4-5,8-11H2. The van der Waals surface area contributed by atoms with Crippen molar-refractivity contribution < 1.29 is 5.11 Å². The first kappa shape index (κ1) is 14.6. The SMILES string of the molecule is N#Cc1c(NCCO)cc(-c2ccccc2)c2c1CCCC2. The van der Waals surface area contributed by atoms with E-state index in [0.717, 1.165) is 30.5 Å². The zero-order valence-corrected chi connectivity index (χ0v) is 12.6. The van der Waals surface area contributed by atoms with Gasteiger partial charge in [-0.05, 0) is 54.0 Å². The van der Waals surface area contributed by atoms with Crippen LogP contribution in [0.5, 0.6) is 0 Å². The molecule has 0 saturated carbocycles. The van der Waals surface area contributed by atoms with Gasteiger partial charge >= 0.3 is 0 Å². The minimum atomic E-state index is 0.0582. The van der Waals surface area contributed by atoms with Crippen molar-refractivity contribution in [2.45, 2.75) is 25.7 Å². The second-order valence-electron chi connectivity index (χ2n) is 5.64. The van der Waals surface area contributed by atoms with Crippen molar-refractivity contribution in [3.63, 3.8) is 0 Å². The third-order valence-electron chi connectivity index (χ3n) is 4.28. The Balaban J connectivity index is 2.19. The minimum Gasteiger partial charge on any atom is -0.395 e. The maximum absolute atomic E-state index is 9.58. The van der Waals surface area contributed by atoms with E-state index in [2.05, 4.69) is 29.6 Å². The summed E-state index contributed by atoms with van der Waals surface area (Å²) >= 11 is 0. The smallest absolute Gasteiger partial charge is 0.102 e. The van der Waals surface area contributed by atoms with Crippen LogP contribution in [0.25, 0.3) is 11.1 Å². The van der Waals surface area contributed by atoms with E-state index in [4.69, 9.17) is 5.11 Å². The van der Waals surface area contributed by atoms with Gasteiger partial charge in [-0.15, -0.1) is 0 Å². The molecule has 0 atom stereocenters. The summed E-state index contributed by atoms with van der Waals surface area (Å²) in [5.74, 6) is 0. The minimum absolute atomic E-state index is 0.0582. The summed E-state index contributed by atoms with van der Waals surface area (Å²) in [6, 6.07) is 14.8. The predicted octanol–water partition coefficient (Wildman–Crippen LogP) is 3.51. The molecule has 0 saturated heterocycles. The molecule has 1 aliphatic rings. The van der Waals surface area contributed by atoms with Gasteiger partial charge in [0.15, 0.2) is 0 Å². The fourth-order valence-electron chi connectivity index (χ4n) is 3.28. The van der Waals surface area contributed by atoms with Crippen molar-refractivity contribution in [3.8, 4) is 17.2 Å². The number of rotatable bonds is 4. The van der Waals surface area contributed by atoms with Gasteiger partial charge in [0.05, 0.1) is 17.9 Å². The summed E-state index contributed by atoms with van der Waals surface area (Å²) in [5.41, 5.74) is 6.52. The highest BCUT2D eigenvalue weighted by Crippen LogP contribution is 2.37. The molecular formula is C19H20N2O. The molecule has 0 spiro atoms. The fourth-order valence-corrected chi connectivity index (χ4v) is 3.28. The molecule has 112 valence electrons. The van der Waals surface area contributed by atoms with Crippen LogP contribution in [-0.2, 0) is 12.8 Å². The highest BCUT2D eigenvalue weighted by molar-refractivity contribution is 5.78. The van der Waals surface area contributed by atoms with Crippen LogP contribution in [0.15, 0.2) is 36.4 Å². The van der Waals surface area contributed by atoms with E-state index >= 15 is 0 Å². The summed E-state index contributed by atoms with van der Waals surface area (Å²) in [6.07, 6.45) is 4.32. The molecule has 0 aromatic heterocycles. The molecule has 0 bridgehead atoms. The summed E-state index contributed by atoms with van der Waals surface area (Å²) < 4.78 is 0. The first-order valence-electron chi connectivity index (χ1n) is 7.84. The zero-order valence-electron chi connectivity index (χ0n) is 12.6. The van der Waals surface area contributed by atoms with Crippen LogP contribution in [0, 0.1) is 11.3 Å². The number of benzene rings is 2. The van der Waals surface area contributed by atoms with Gasteiger partial charge in [-0.1, -0.05) is 30.3 Å². The lowest BCUT2D eigenvalue weighted by Gasteiger charge is -2.23. The number of hydrogen-bond acceptors (Lipinski definition) is 3. The first-order chi connectivity index (χ1) is 10.8. The average molecular weight is 292 g/mol. The second-order valence-corrected chi connectivity index (χ2v) is 5.64. The van der Waals surface area contributed by atoms with E-state index in [1.165, 1.54) is 28.7 Å². The van der Waals surface area contributed by atoms with Crippen LogP contribution >= 0.6 is 0 Å². The van der Waals surface area contributed by atoms with Crippen molar-refractivity contribution in [2.24, 2.45) is 0 Å². The Morgan fingerprint density at radius 2 is 1.82 bits per heavy atom. The molecule has 3 rings (SSSR count). The van der Waals surface area contributed by atoms with Gasteiger partial charge in [-0.2, -0.15) is 5.26 Å². The lowest BCUT2D eigenvalue weighted by molar-refractivity contribution is 0.311. The monoisotopic (exact) mass is 292 g/mol. The fraction of sp³-hybridized carbons (Fsp3) is 0.316. The number of aliphatic hydroxyl groups is 1. The molecule has 0 aliphatic heterocycles. The summed E-state index contributed by atoms with van der Waals surface area (Å²) in [7, 11) is 0. The molecule has 3 nitrogen and oxygen atoms in total. The molecular weight excluding hydrogens is 272 g/mol.